The van der Waals surface area contributed by atoms with Crippen LogP contribution in [0.5, 0.6) is 0 Å². The van der Waals surface area contributed by atoms with Gasteiger partial charge in [-0.15, -0.1) is 0 Å². The van der Waals surface area contributed by atoms with E-state index in [9.17, 15) is 0 Å². The van der Waals surface area contributed by atoms with Crippen LogP contribution in [-0.2, 0) is 6.54 Å². The van der Waals surface area contributed by atoms with Crippen molar-refractivity contribution in [1.29, 1.82) is 0 Å². The highest BCUT2D eigenvalue weighted by molar-refractivity contribution is 5.36. The summed E-state index contributed by atoms with van der Waals surface area (Å²) in [6, 6.07) is 8.46. The molecule has 0 aromatic heterocycles. The third-order valence-electron chi connectivity index (χ3n) is 4.23. The van der Waals surface area contributed by atoms with Crippen LogP contribution < -0.4 is 0 Å². The van der Waals surface area contributed by atoms with Gasteiger partial charge in [0.05, 0.1) is 6.61 Å². The van der Waals surface area contributed by atoms with Gasteiger partial charge in [0.1, 0.15) is 0 Å². The zero-order chi connectivity index (χ0) is 15.3. The van der Waals surface area contributed by atoms with Gasteiger partial charge in [0.25, 0.3) is 0 Å². The monoisotopic (exact) mass is 286 g/mol. The summed E-state index contributed by atoms with van der Waals surface area (Å²) >= 11 is 0. The number of likely N-dealkylation sites (N-methyl/N-ethyl adjacent to an activating group) is 1. The Morgan fingerprint density at radius 3 is 2.52 bits per heavy atom. The van der Waals surface area contributed by atoms with Gasteiger partial charge in [-0.25, -0.2) is 0 Å². The average Bonchev–Trinajstić information content (AvgIpc) is 2.45. The third-order valence-corrected chi connectivity index (χ3v) is 4.23. The first-order valence-corrected chi connectivity index (χ1v) is 7.63. The molecule has 21 heavy (non-hydrogen) atoms. The van der Waals surface area contributed by atoms with E-state index in [4.69, 9.17) is 5.11 Å². The van der Waals surface area contributed by atoms with Crippen LogP contribution in [0.15, 0.2) is 24.3 Å². The Morgan fingerprint density at radius 2 is 1.90 bits per heavy atom. The first-order valence-electron chi connectivity index (χ1n) is 7.63. The summed E-state index contributed by atoms with van der Waals surface area (Å²) in [6.07, 6.45) is 0.540. The topological polar surface area (TPSA) is 26.7 Å². The van der Waals surface area contributed by atoms with Crippen molar-refractivity contribution < 1.29 is 5.11 Å². The molecule has 0 spiro atoms. The molecule has 0 amide bonds. The second-order valence-corrected chi connectivity index (χ2v) is 6.42. The van der Waals surface area contributed by atoms with Gasteiger partial charge in [-0.2, -0.15) is 0 Å². The maximum Gasteiger partial charge on any atom is 0.0540 e. The number of aliphatic hydroxyl groups is 1. The van der Waals surface area contributed by atoms with Crippen LogP contribution in [0.3, 0.4) is 0 Å². The number of rotatable bonds is 3. The van der Waals surface area contributed by atoms with Crippen LogP contribution in [0.25, 0.3) is 0 Å². The average molecular weight is 286 g/mol. The molecule has 114 valence electrons. The molecule has 0 atom stereocenters. The second-order valence-electron chi connectivity index (χ2n) is 6.42. The van der Waals surface area contributed by atoms with Gasteiger partial charge in [0.2, 0.25) is 0 Å². The van der Waals surface area contributed by atoms with Crippen molar-refractivity contribution in [2.75, 3.05) is 33.3 Å². The predicted octanol–water partition coefficient (Wildman–Crippen LogP) is 1.95. The Hall–Kier alpha value is -1.34. The number of benzene rings is 1. The van der Waals surface area contributed by atoms with Gasteiger partial charge >= 0.3 is 0 Å². The fourth-order valence-electron chi connectivity index (χ4n) is 2.65. The highest BCUT2D eigenvalue weighted by Gasteiger charge is 2.30. The van der Waals surface area contributed by atoms with Crippen molar-refractivity contribution in [2.45, 2.75) is 32.4 Å². The van der Waals surface area contributed by atoms with Gasteiger partial charge in [0.15, 0.2) is 0 Å². The van der Waals surface area contributed by atoms with E-state index in [0.717, 1.165) is 31.7 Å². The molecule has 1 aliphatic rings. The van der Waals surface area contributed by atoms with Gasteiger partial charge in [-0.1, -0.05) is 24.0 Å². The minimum absolute atomic E-state index is 0.129. The van der Waals surface area contributed by atoms with E-state index >= 15 is 0 Å². The van der Waals surface area contributed by atoms with Crippen molar-refractivity contribution in [3.63, 3.8) is 0 Å². The van der Waals surface area contributed by atoms with Crippen LogP contribution in [0.1, 0.15) is 31.4 Å². The Balaban J connectivity index is 1.93. The lowest BCUT2D eigenvalue weighted by molar-refractivity contribution is 0.0360. The Kier molecular flexibility index (Phi) is 5.41. The summed E-state index contributed by atoms with van der Waals surface area (Å²) in [5.41, 5.74) is 2.60. The maximum atomic E-state index is 8.72. The van der Waals surface area contributed by atoms with E-state index in [2.05, 4.69) is 66.8 Å². The van der Waals surface area contributed by atoms with Crippen molar-refractivity contribution >= 4 is 0 Å². The molecule has 1 saturated heterocycles. The molecule has 0 unspecified atom stereocenters. The van der Waals surface area contributed by atoms with Crippen LogP contribution in [0.4, 0.5) is 0 Å². The first-order chi connectivity index (χ1) is 10.0. The molecule has 0 radical (unpaired) electrons. The standard InChI is InChI=1S/C18H26N2O/c1-18(2)15-20(12-11-19(18)3)14-17-9-7-16(8-10-17)6-4-5-13-21/h7-10,21H,5,11-15H2,1-3H3. The van der Waals surface area contributed by atoms with E-state index in [1.54, 1.807) is 0 Å². The molecule has 2 rings (SSSR count). The van der Waals surface area contributed by atoms with E-state index in [-0.39, 0.29) is 12.1 Å². The molecule has 1 heterocycles. The van der Waals surface area contributed by atoms with E-state index in [0.29, 0.717) is 6.42 Å². The van der Waals surface area contributed by atoms with Gasteiger partial charge < -0.3 is 5.11 Å². The van der Waals surface area contributed by atoms with Crippen LogP contribution in [-0.4, -0.2) is 53.7 Å². The Labute approximate surface area is 128 Å². The second kappa shape index (κ2) is 7.09. The largest absolute Gasteiger partial charge is 0.395 e. The lowest BCUT2D eigenvalue weighted by atomic mass is 9.99. The summed E-state index contributed by atoms with van der Waals surface area (Å²) in [7, 11) is 2.21. The third kappa shape index (κ3) is 4.57. The van der Waals surface area contributed by atoms with Crippen molar-refractivity contribution in [1.82, 2.24) is 9.80 Å². The molecule has 0 saturated carbocycles. The van der Waals surface area contributed by atoms with Crippen LogP contribution in [0.2, 0.25) is 0 Å². The molecule has 1 fully saturated rings. The number of nitrogens with zero attached hydrogens (tertiary/aromatic N) is 2. The van der Waals surface area contributed by atoms with Crippen molar-refractivity contribution in [2.24, 2.45) is 0 Å². The zero-order valence-electron chi connectivity index (χ0n) is 13.4. The number of hydrogen-bond acceptors (Lipinski definition) is 3. The van der Waals surface area contributed by atoms with Gasteiger partial charge in [0, 0.05) is 43.7 Å². The maximum absolute atomic E-state index is 8.72. The van der Waals surface area contributed by atoms with Gasteiger partial charge in [-0.05, 0) is 38.6 Å². The minimum Gasteiger partial charge on any atom is -0.395 e. The summed E-state index contributed by atoms with van der Waals surface area (Å²) in [4.78, 5) is 4.95. The molecular weight excluding hydrogens is 260 g/mol. The molecule has 1 aromatic carbocycles. The van der Waals surface area contributed by atoms with E-state index < -0.39 is 0 Å². The lowest BCUT2D eigenvalue weighted by Gasteiger charge is -2.45. The first kappa shape index (κ1) is 16.0. The Bertz CT molecular complexity index is 510. The van der Waals surface area contributed by atoms with Crippen molar-refractivity contribution in [3.8, 4) is 11.8 Å². The molecule has 3 heteroatoms. The number of hydrogen-bond donors (Lipinski definition) is 1. The molecule has 1 aromatic rings. The number of piperazine rings is 1. The highest BCUT2D eigenvalue weighted by Crippen LogP contribution is 2.20. The smallest absolute Gasteiger partial charge is 0.0540 e. The fourth-order valence-corrected chi connectivity index (χ4v) is 2.65. The summed E-state index contributed by atoms with van der Waals surface area (Å²) in [5, 5.41) is 8.72. The van der Waals surface area contributed by atoms with E-state index in [1.165, 1.54) is 5.56 Å². The fraction of sp³-hybridized carbons (Fsp3) is 0.556. The molecule has 0 bridgehead atoms. The van der Waals surface area contributed by atoms with Crippen molar-refractivity contribution in [3.05, 3.63) is 35.4 Å². The summed E-state index contributed by atoms with van der Waals surface area (Å²) in [5.74, 6) is 6.02. The minimum atomic E-state index is 0.129. The van der Waals surface area contributed by atoms with Crippen LogP contribution in [0, 0.1) is 11.8 Å². The predicted molar refractivity (Wildman–Crippen MR) is 87.0 cm³/mol. The van der Waals surface area contributed by atoms with Gasteiger partial charge in [-0.3, -0.25) is 9.80 Å². The zero-order valence-corrected chi connectivity index (χ0v) is 13.4. The molecule has 3 nitrogen and oxygen atoms in total. The Morgan fingerprint density at radius 1 is 1.19 bits per heavy atom. The number of aliphatic hydroxyl groups excluding tert-OH is 1. The summed E-state index contributed by atoms with van der Waals surface area (Å²) in [6.45, 7) is 9.08. The molecular formula is C18H26N2O. The quantitative estimate of drug-likeness (QED) is 0.860. The molecule has 1 N–H and O–H groups in total. The van der Waals surface area contributed by atoms with Crippen LogP contribution >= 0.6 is 0 Å². The molecule has 0 aliphatic carbocycles. The highest BCUT2D eigenvalue weighted by atomic mass is 16.2. The van der Waals surface area contributed by atoms with E-state index in [1.807, 2.05) is 0 Å². The normalized spacial score (nSPS) is 19.0. The lowest BCUT2D eigenvalue weighted by Crippen LogP contribution is -2.57. The molecule has 1 aliphatic heterocycles. The SMILES string of the molecule is CN1CCN(Cc2ccc(C#CCCO)cc2)CC1(C)C. The summed E-state index contributed by atoms with van der Waals surface area (Å²) < 4.78 is 0.